The van der Waals surface area contributed by atoms with E-state index in [-0.39, 0.29) is 42.5 Å². The lowest BCUT2D eigenvalue weighted by atomic mass is 9.74. The number of halogens is 1. The average molecular weight is 385 g/mol. The van der Waals surface area contributed by atoms with E-state index in [9.17, 15) is 14.4 Å². The van der Waals surface area contributed by atoms with Crippen molar-refractivity contribution in [2.75, 3.05) is 7.11 Å². The summed E-state index contributed by atoms with van der Waals surface area (Å²) in [6.45, 7) is 0. The molecule has 3 rings (SSSR count). The normalized spacial score (nSPS) is 19.8. The lowest BCUT2D eigenvalue weighted by Gasteiger charge is -2.26. The zero-order valence-electron chi connectivity index (χ0n) is 15.1. The van der Waals surface area contributed by atoms with Gasteiger partial charge in [-0.1, -0.05) is 41.9 Å². The number of hydrogen-bond donors (Lipinski definition) is 0. The number of hydrogen-bond acceptors (Lipinski definition) is 4. The van der Waals surface area contributed by atoms with Crippen LogP contribution in [0.25, 0.3) is 0 Å². The summed E-state index contributed by atoms with van der Waals surface area (Å²) in [4.78, 5) is 37.6. The first-order valence-corrected chi connectivity index (χ1v) is 9.33. The molecule has 0 heterocycles. The van der Waals surface area contributed by atoms with Gasteiger partial charge in [0.25, 0.3) is 0 Å². The van der Waals surface area contributed by atoms with E-state index in [0.717, 1.165) is 16.9 Å². The van der Waals surface area contributed by atoms with Gasteiger partial charge < -0.3 is 4.74 Å². The molecule has 0 unspecified atom stereocenters. The molecule has 0 aliphatic heterocycles. The van der Waals surface area contributed by atoms with E-state index in [1.165, 1.54) is 0 Å². The first kappa shape index (κ1) is 19.3. The molecule has 27 heavy (non-hydrogen) atoms. The van der Waals surface area contributed by atoms with Crippen LogP contribution in [-0.2, 0) is 20.8 Å². The van der Waals surface area contributed by atoms with Gasteiger partial charge in [-0.25, -0.2) is 0 Å². The van der Waals surface area contributed by atoms with Crippen molar-refractivity contribution in [1.82, 2.24) is 0 Å². The second kappa shape index (κ2) is 8.49. The van der Waals surface area contributed by atoms with Crippen molar-refractivity contribution < 1.29 is 19.1 Å². The second-order valence-electron chi connectivity index (χ2n) is 6.80. The molecule has 0 saturated heterocycles. The molecule has 2 aromatic carbocycles. The van der Waals surface area contributed by atoms with Gasteiger partial charge in [-0.15, -0.1) is 0 Å². The highest BCUT2D eigenvalue weighted by atomic mass is 35.5. The molecule has 140 valence electrons. The largest absolute Gasteiger partial charge is 0.497 e. The smallest absolute Gasteiger partial charge is 0.151 e. The summed E-state index contributed by atoms with van der Waals surface area (Å²) in [5.41, 5.74) is 1.76. The van der Waals surface area contributed by atoms with Crippen molar-refractivity contribution >= 4 is 29.0 Å². The minimum Gasteiger partial charge on any atom is -0.497 e. The van der Waals surface area contributed by atoms with Gasteiger partial charge in [0.15, 0.2) is 17.3 Å². The summed E-state index contributed by atoms with van der Waals surface area (Å²) in [5.74, 6) is -1.45. The Morgan fingerprint density at radius 3 is 2.26 bits per heavy atom. The maximum Gasteiger partial charge on any atom is 0.151 e. The van der Waals surface area contributed by atoms with Crippen molar-refractivity contribution in [3.8, 4) is 5.75 Å². The van der Waals surface area contributed by atoms with E-state index >= 15 is 0 Å². The van der Waals surface area contributed by atoms with Gasteiger partial charge in [0, 0.05) is 24.3 Å². The summed E-state index contributed by atoms with van der Waals surface area (Å²) in [6.07, 6.45) is 0.984. The maximum absolute atomic E-state index is 12.5. The highest BCUT2D eigenvalue weighted by Crippen LogP contribution is 2.33. The van der Waals surface area contributed by atoms with E-state index in [0.29, 0.717) is 11.4 Å². The minimum atomic E-state index is -1.12. The van der Waals surface area contributed by atoms with Crippen LogP contribution in [0.15, 0.2) is 48.5 Å². The van der Waals surface area contributed by atoms with Crippen LogP contribution in [0.1, 0.15) is 36.3 Å². The van der Waals surface area contributed by atoms with Gasteiger partial charge in [0.05, 0.1) is 7.11 Å². The fourth-order valence-corrected chi connectivity index (χ4v) is 3.78. The monoisotopic (exact) mass is 384 g/mol. The van der Waals surface area contributed by atoms with Crippen molar-refractivity contribution in [3.63, 3.8) is 0 Å². The van der Waals surface area contributed by atoms with Gasteiger partial charge in [0.1, 0.15) is 11.7 Å². The number of Topliss-reactive ketones (excluding diaryl/α,β-unsaturated/α-hetero) is 3. The summed E-state index contributed by atoms with van der Waals surface area (Å²) < 4.78 is 5.13. The average Bonchev–Trinajstić information content (AvgIpc) is 2.67. The number of carbonyl (C=O) groups excluding carboxylic acids is 3. The van der Waals surface area contributed by atoms with Crippen LogP contribution in [0.2, 0.25) is 5.02 Å². The van der Waals surface area contributed by atoms with Crippen LogP contribution in [0.4, 0.5) is 0 Å². The molecule has 4 nitrogen and oxygen atoms in total. The predicted molar refractivity (Wildman–Crippen MR) is 103 cm³/mol. The van der Waals surface area contributed by atoms with E-state index in [1.54, 1.807) is 13.2 Å². The first-order chi connectivity index (χ1) is 13.0. The third kappa shape index (κ3) is 4.45. The number of carbonyl (C=O) groups is 3. The summed E-state index contributed by atoms with van der Waals surface area (Å²) >= 11 is 6.11. The third-order valence-electron chi connectivity index (χ3n) is 5.05. The fourth-order valence-electron chi connectivity index (χ4n) is 3.55. The SMILES string of the molecule is COc1ccc(C2CC(=O)C(C(=O)CCc3ccccc3Cl)C(=O)C2)cc1. The molecule has 5 heteroatoms. The number of ether oxygens (including phenoxy) is 1. The molecule has 0 radical (unpaired) electrons. The lowest BCUT2D eigenvalue weighted by molar-refractivity contribution is -0.142. The second-order valence-corrected chi connectivity index (χ2v) is 7.21. The zero-order chi connectivity index (χ0) is 19.4. The standard InChI is InChI=1S/C22H21ClO4/c1-27-17-9-6-14(7-10-17)16-12-20(25)22(21(26)13-16)19(24)11-8-15-4-2-3-5-18(15)23/h2-7,9-10,16,22H,8,11-13H2,1H3. The summed E-state index contributed by atoms with van der Waals surface area (Å²) in [7, 11) is 1.58. The van der Waals surface area contributed by atoms with Gasteiger partial charge in [-0.2, -0.15) is 0 Å². The molecule has 1 fully saturated rings. The van der Waals surface area contributed by atoms with Crippen molar-refractivity contribution in [3.05, 3.63) is 64.7 Å². The van der Waals surface area contributed by atoms with Gasteiger partial charge >= 0.3 is 0 Å². The number of aryl methyl sites for hydroxylation is 1. The highest BCUT2D eigenvalue weighted by Gasteiger charge is 2.39. The fraction of sp³-hybridized carbons (Fsp3) is 0.318. The molecule has 1 aliphatic rings. The van der Waals surface area contributed by atoms with Crippen molar-refractivity contribution in [1.29, 1.82) is 0 Å². The Balaban J connectivity index is 1.64. The van der Waals surface area contributed by atoms with Crippen LogP contribution >= 0.6 is 11.6 Å². The van der Waals surface area contributed by atoms with Crippen LogP contribution in [0.5, 0.6) is 5.75 Å². The molecule has 0 N–H and O–H groups in total. The zero-order valence-corrected chi connectivity index (χ0v) is 15.9. The molecule has 0 bridgehead atoms. The predicted octanol–water partition coefficient (Wildman–Crippen LogP) is 4.18. The summed E-state index contributed by atoms with van der Waals surface area (Å²) in [6, 6.07) is 14.6. The Morgan fingerprint density at radius 2 is 1.67 bits per heavy atom. The van der Waals surface area contributed by atoms with Crippen LogP contribution < -0.4 is 4.74 Å². The minimum absolute atomic E-state index is 0.138. The lowest BCUT2D eigenvalue weighted by Crippen LogP contribution is -2.38. The van der Waals surface area contributed by atoms with E-state index in [2.05, 4.69) is 0 Å². The van der Waals surface area contributed by atoms with Gasteiger partial charge in [0.2, 0.25) is 0 Å². The Morgan fingerprint density at radius 1 is 1.04 bits per heavy atom. The highest BCUT2D eigenvalue weighted by molar-refractivity contribution is 6.31. The van der Waals surface area contributed by atoms with Crippen molar-refractivity contribution in [2.45, 2.75) is 31.6 Å². The van der Waals surface area contributed by atoms with E-state index in [4.69, 9.17) is 16.3 Å². The molecular weight excluding hydrogens is 364 g/mol. The molecule has 0 atom stereocenters. The quantitative estimate of drug-likeness (QED) is 0.701. The molecule has 0 aromatic heterocycles. The molecule has 0 spiro atoms. The van der Waals surface area contributed by atoms with Gasteiger partial charge in [-0.05, 0) is 41.7 Å². The first-order valence-electron chi connectivity index (χ1n) is 8.95. The Labute approximate surface area is 163 Å². The molecule has 1 aliphatic carbocycles. The van der Waals surface area contributed by atoms with Crippen LogP contribution in [-0.4, -0.2) is 24.5 Å². The third-order valence-corrected chi connectivity index (χ3v) is 5.42. The number of benzene rings is 2. The number of rotatable bonds is 6. The van der Waals surface area contributed by atoms with Crippen molar-refractivity contribution in [2.24, 2.45) is 5.92 Å². The van der Waals surface area contributed by atoms with E-state index < -0.39 is 5.92 Å². The summed E-state index contributed by atoms with van der Waals surface area (Å²) in [5, 5.41) is 0.589. The Kier molecular flexibility index (Phi) is 6.07. The van der Waals surface area contributed by atoms with E-state index in [1.807, 2.05) is 42.5 Å². The molecule has 1 saturated carbocycles. The number of methoxy groups -OCH3 is 1. The Bertz CT molecular complexity index is 839. The topological polar surface area (TPSA) is 60.4 Å². The van der Waals surface area contributed by atoms with Crippen LogP contribution in [0, 0.1) is 5.92 Å². The van der Waals surface area contributed by atoms with Gasteiger partial charge in [-0.3, -0.25) is 14.4 Å². The molecular formula is C22H21ClO4. The molecule has 0 amide bonds. The number of ketones is 3. The maximum atomic E-state index is 12.5. The van der Waals surface area contributed by atoms with Crippen LogP contribution in [0.3, 0.4) is 0 Å². The molecule has 2 aromatic rings. The Hall–Kier alpha value is -2.46.